The molecule has 2 N–H and O–H groups in total. The van der Waals surface area contributed by atoms with Crippen molar-refractivity contribution in [2.45, 2.75) is 32.2 Å². The highest BCUT2D eigenvalue weighted by atomic mass is 15.0. The maximum absolute atomic E-state index is 3.51. The molecule has 1 aromatic rings. The van der Waals surface area contributed by atoms with Crippen LogP contribution < -0.4 is 10.6 Å². The van der Waals surface area contributed by atoms with Crippen molar-refractivity contribution in [2.75, 3.05) is 17.7 Å². The maximum atomic E-state index is 3.51. The summed E-state index contributed by atoms with van der Waals surface area (Å²) in [7, 11) is 1.96. The van der Waals surface area contributed by atoms with Gasteiger partial charge in [0.15, 0.2) is 0 Å². The molecule has 2 rings (SSSR count). The predicted octanol–water partition coefficient (Wildman–Crippen LogP) is 2.82. The molecule has 1 aliphatic rings. The molecule has 2 heteroatoms. The van der Waals surface area contributed by atoms with E-state index < -0.39 is 0 Å². The molecule has 0 aromatic heterocycles. The number of rotatable bonds is 1. The standard InChI is InChI=1S/C12H18N2/c1-8-12(2,3)10-7-9(13-4)5-6-11(10)14-8/h5-8,13-14H,1-4H3. The summed E-state index contributed by atoms with van der Waals surface area (Å²) in [6, 6.07) is 7.02. The van der Waals surface area contributed by atoms with E-state index in [9.17, 15) is 0 Å². The first-order valence-corrected chi connectivity index (χ1v) is 5.14. The quantitative estimate of drug-likeness (QED) is 0.711. The topological polar surface area (TPSA) is 24.1 Å². The smallest absolute Gasteiger partial charge is 0.0382 e. The lowest BCUT2D eigenvalue weighted by molar-refractivity contribution is 0.486. The van der Waals surface area contributed by atoms with Gasteiger partial charge in [-0.2, -0.15) is 0 Å². The van der Waals surface area contributed by atoms with Crippen LogP contribution in [0.15, 0.2) is 18.2 Å². The van der Waals surface area contributed by atoms with Gasteiger partial charge in [0.1, 0.15) is 0 Å². The Hall–Kier alpha value is -1.18. The van der Waals surface area contributed by atoms with E-state index in [0.717, 1.165) is 0 Å². The SMILES string of the molecule is CNc1ccc2c(c1)C(C)(C)C(C)N2. The molecule has 0 fully saturated rings. The van der Waals surface area contributed by atoms with Crippen LogP contribution in [-0.2, 0) is 5.41 Å². The Kier molecular flexibility index (Phi) is 1.95. The third kappa shape index (κ3) is 1.17. The van der Waals surface area contributed by atoms with E-state index in [4.69, 9.17) is 0 Å². The van der Waals surface area contributed by atoms with E-state index in [1.54, 1.807) is 0 Å². The lowest BCUT2D eigenvalue weighted by atomic mass is 9.81. The second-order valence-electron chi connectivity index (χ2n) is 4.60. The van der Waals surface area contributed by atoms with Gasteiger partial charge in [0.25, 0.3) is 0 Å². The lowest BCUT2D eigenvalue weighted by Gasteiger charge is -2.24. The number of anilines is 2. The van der Waals surface area contributed by atoms with Crippen LogP contribution >= 0.6 is 0 Å². The second kappa shape index (κ2) is 2.91. The van der Waals surface area contributed by atoms with Gasteiger partial charge in [-0.15, -0.1) is 0 Å². The fourth-order valence-corrected chi connectivity index (χ4v) is 2.01. The fraction of sp³-hybridized carbons (Fsp3) is 0.500. The molecule has 1 unspecified atom stereocenters. The van der Waals surface area contributed by atoms with Crippen molar-refractivity contribution in [3.63, 3.8) is 0 Å². The average Bonchev–Trinajstić information content (AvgIpc) is 2.38. The van der Waals surface area contributed by atoms with Crippen LogP contribution in [0.3, 0.4) is 0 Å². The summed E-state index contributed by atoms with van der Waals surface area (Å²) in [6.07, 6.45) is 0. The van der Waals surface area contributed by atoms with Gasteiger partial charge in [-0.25, -0.2) is 0 Å². The molecule has 0 saturated heterocycles. The minimum atomic E-state index is 0.224. The number of benzene rings is 1. The van der Waals surface area contributed by atoms with Gasteiger partial charge in [-0.05, 0) is 30.7 Å². The van der Waals surface area contributed by atoms with Crippen LogP contribution in [0.25, 0.3) is 0 Å². The predicted molar refractivity (Wildman–Crippen MR) is 62.1 cm³/mol. The minimum absolute atomic E-state index is 0.224. The third-order valence-electron chi connectivity index (χ3n) is 3.46. The van der Waals surface area contributed by atoms with E-state index >= 15 is 0 Å². The summed E-state index contributed by atoms with van der Waals surface area (Å²) >= 11 is 0. The number of hydrogen-bond acceptors (Lipinski definition) is 2. The zero-order valence-corrected chi connectivity index (χ0v) is 9.31. The van der Waals surface area contributed by atoms with Gasteiger partial charge >= 0.3 is 0 Å². The highest BCUT2D eigenvalue weighted by Gasteiger charge is 2.36. The van der Waals surface area contributed by atoms with E-state index in [2.05, 4.69) is 49.6 Å². The molecule has 0 amide bonds. The van der Waals surface area contributed by atoms with Crippen molar-refractivity contribution in [3.05, 3.63) is 23.8 Å². The van der Waals surface area contributed by atoms with Crippen molar-refractivity contribution < 1.29 is 0 Å². The molecule has 1 atom stereocenters. The van der Waals surface area contributed by atoms with Crippen LogP contribution in [0.4, 0.5) is 11.4 Å². The molecule has 0 bridgehead atoms. The van der Waals surface area contributed by atoms with E-state index in [1.165, 1.54) is 16.9 Å². The Bertz CT molecular complexity index is 355. The summed E-state index contributed by atoms with van der Waals surface area (Å²) in [5, 5.41) is 6.69. The van der Waals surface area contributed by atoms with Crippen molar-refractivity contribution >= 4 is 11.4 Å². The van der Waals surface area contributed by atoms with Gasteiger partial charge in [-0.3, -0.25) is 0 Å². The number of nitrogens with one attached hydrogen (secondary N) is 2. The summed E-state index contributed by atoms with van der Waals surface area (Å²) in [5.41, 5.74) is 4.11. The summed E-state index contributed by atoms with van der Waals surface area (Å²) in [6.45, 7) is 6.81. The normalized spacial score (nSPS) is 22.7. The molecule has 14 heavy (non-hydrogen) atoms. The largest absolute Gasteiger partial charge is 0.388 e. The number of hydrogen-bond donors (Lipinski definition) is 2. The first-order valence-electron chi connectivity index (χ1n) is 5.14. The molecule has 0 saturated carbocycles. The summed E-state index contributed by atoms with van der Waals surface area (Å²) in [4.78, 5) is 0. The van der Waals surface area contributed by atoms with Gasteiger partial charge in [0.2, 0.25) is 0 Å². The minimum Gasteiger partial charge on any atom is -0.388 e. The Balaban J connectivity index is 2.51. The molecule has 1 aliphatic heterocycles. The summed E-state index contributed by atoms with van der Waals surface area (Å²) < 4.78 is 0. The molecule has 1 heterocycles. The molecular weight excluding hydrogens is 172 g/mol. The van der Waals surface area contributed by atoms with Gasteiger partial charge < -0.3 is 10.6 Å². The zero-order valence-electron chi connectivity index (χ0n) is 9.31. The van der Waals surface area contributed by atoms with E-state index in [0.29, 0.717) is 6.04 Å². The first-order chi connectivity index (χ1) is 6.55. The van der Waals surface area contributed by atoms with Crippen molar-refractivity contribution in [3.8, 4) is 0 Å². The highest BCUT2D eigenvalue weighted by molar-refractivity contribution is 5.66. The first kappa shape index (κ1) is 9.38. The Morgan fingerprint density at radius 3 is 2.71 bits per heavy atom. The molecule has 0 aliphatic carbocycles. The highest BCUT2D eigenvalue weighted by Crippen LogP contribution is 2.41. The fourth-order valence-electron chi connectivity index (χ4n) is 2.01. The van der Waals surface area contributed by atoms with Crippen LogP contribution in [0.5, 0.6) is 0 Å². The number of fused-ring (bicyclic) bond motifs is 1. The third-order valence-corrected chi connectivity index (χ3v) is 3.46. The molecular formula is C12H18N2. The van der Waals surface area contributed by atoms with Crippen LogP contribution in [0.1, 0.15) is 26.3 Å². The lowest BCUT2D eigenvalue weighted by Crippen LogP contribution is -2.29. The summed E-state index contributed by atoms with van der Waals surface area (Å²) in [5.74, 6) is 0. The molecule has 1 aromatic carbocycles. The molecule has 0 radical (unpaired) electrons. The maximum Gasteiger partial charge on any atom is 0.0382 e. The average molecular weight is 190 g/mol. The monoisotopic (exact) mass is 190 g/mol. The van der Waals surface area contributed by atoms with Crippen LogP contribution in [-0.4, -0.2) is 13.1 Å². The van der Waals surface area contributed by atoms with Gasteiger partial charge in [0.05, 0.1) is 0 Å². The Morgan fingerprint density at radius 2 is 2.07 bits per heavy atom. The molecule has 76 valence electrons. The van der Waals surface area contributed by atoms with Crippen molar-refractivity contribution in [1.29, 1.82) is 0 Å². The van der Waals surface area contributed by atoms with Crippen LogP contribution in [0, 0.1) is 0 Å². The van der Waals surface area contributed by atoms with Gasteiger partial charge in [0, 0.05) is 29.9 Å². The zero-order chi connectivity index (χ0) is 10.3. The second-order valence-corrected chi connectivity index (χ2v) is 4.60. The van der Waals surface area contributed by atoms with Crippen LogP contribution in [0.2, 0.25) is 0 Å². The molecule has 2 nitrogen and oxygen atoms in total. The van der Waals surface area contributed by atoms with Crippen molar-refractivity contribution in [2.24, 2.45) is 0 Å². The van der Waals surface area contributed by atoms with E-state index in [1.807, 2.05) is 7.05 Å². The molecule has 0 spiro atoms. The Labute approximate surface area is 85.7 Å². The van der Waals surface area contributed by atoms with E-state index in [-0.39, 0.29) is 5.41 Å². The van der Waals surface area contributed by atoms with Crippen molar-refractivity contribution in [1.82, 2.24) is 0 Å². The Morgan fingerprint density at radius 1 is 1.36 bits per heavy atom. The van der Waals surface area contributed by atoms with Gasteiger partial charge in [-0.1, -0.05) is 13.8 Å².